The van der Waals surface area contributed by atoms with Gasteiger partial charge in [-0.15, -0.1) is 0 Å². The molecule has 21 heavy (non-hydrogen) atoms. The molecular weight excluding hydrogens is 263 g/mol. The quantitative estimate of drug-likeness (QED) is 0.688. The van der Waals surface area contributed by atoms with Crippen molar-refractivity contribution in [3.8, 4) is 0 Å². The Kier molecular flexibility index (Phi) is 8.36. The van der Waals surface area contributed by atoms with Gasteiger partial charge in [-0.2, -0.15) is 0 Å². The van der Waals surface area contributed by atoms with E-state index in [0.29, 0.717) is 0 Å². The molecule has 2 nitrogen and oxygen atoms in total. The lowest BCUT2D eigenvalue weighted by atomic mass is 10.0. The van der Waals surface area contributed by atoms with E-state index in [1.165, 1.54) is 0 Å². The number of para-hydroxylation sites is 1. The van der Waals surface area contributed by atoms with Crippen LogP contribution in [0.15, 0.2) is 18.2 Å². The number of unbranched alkanes of at least 4 members (excludes halogenated alkanes) is 2. The molecule has 0 aliphatic heterocycles. The molecule has 0 amide bonds. The lowest BCUT2D eigenvalue weighted by molar-refractivity contribution is 0.592. The molecule has 0 fully saturated rings. The molecule has 3 heteroatoms. The summed E-state index contributed by atoms with van der Waals surface area (Å²) >= 11 is 0. The normalized spacial score (nSPS) is 12.4. The second-order valence-electron chi connectivity index (χ2n) is 5.81. The van der Waals surface area contributed by atoms with Crippen LogP contribution < -0.4 is 10.6 Å². The highest BCUT2D eigenvalue weighted by Crippen LogP contribution is 2.27. The Morgan fingerprint density at radius 1 is 1.10 bits per heavy atom. The fourth-order valence-electron chi connectivity index (χ4n) is 2.54. The first-order valence-electron chi connectivity index (χ1n) is 8.41. The molecule has 120 valence electrons. The molecule has 1 aromatic carbocycles. The SMILES string of the molecule is CCCCN(CCCC)c1c(F)cccc1CC(N)CC. The predicted octanol–water partition coefficient (Wildman–Crippen LogP) is 4.51. The molecule has 0 heterocycles. The van der Waals surface area contributed by atoms with Gasteiger partial charge in [0.2, 0.25) is 0 Å². The van der Waals surface area contributed by atoms with E-state index in [1.807, 2.05) is 6.07 Å². The number of rotatable bonds is 10. The van der Waals surface area contributed by atoms with Crippen molar-refractivity contribution in [1.82, 2.24) is 0 Å². The molecule has 1 unspecified atom stereocenters. The fourth-order valence-corrected chi connectivity index (χ4v) is 2.54. The summed E-state index contributed by atoms with van der Waals surface area (Å²) in [6.07, 6.45) is 6.11. The predicted molar refractivity (Wildman–Crippen MR) is 90.4 cm³/mol. The molecule has 0 aromatic heterocycles. The van der Waals surface area contributed by atoms with Gasteiger partial charge in [0.25, 0.3) is 0 Å². The molecule has 0 aliphatic carbocycles. The van der Waals surface area contributed by atoms with Gasteiger partial charge in [-0.1, -0.05) is 45.7 Å². The number of anilines is 1. The maximum Gasteiger partial charge on any atom is 0.146 e. The smallest absolute Gasteiger partial charge is 0.146 e. The third-order valence-corrected chi connectivity index (χ3v) is 3.96. The van der Waals surface area contributed by atoms with Crippen molar-refractivity contribution in [2.75, 3.05) is 18.0 Å². The molecule has 0 aliphatic rings. The van der Waals surface area contributed by atoms with E-state index in [9.17, 15) is 4.39 Å². The number of nitrogens with two attached hydrogens (primary N) is 1. The highest BCUT2D eigenvalue weighted by Gasteiger charge is 2.17. The number of hydrogen-bond acceptors (Lipinski definition) is 2. The van der Waals surface area contributed by atoms with Crippen molar-refractivity contribution >= 4 is 5.69 Å². The van der Waals surface area contributed by atoms with Crippen LogP contribution >= 0.6 is 0 Å². The van der Waals surface area contributed by atoms with Crippen LogP contribution in [0.1, 0.15) is 58.4 Å². The number of nitrogens with zero attached hydrogens (tertiary/aromatic N) is 1. The number of benzene rings is 1. The Morgan fingerprint density at radius 2 is 1.71 bits per heavy atom. The summed E-state index contributed by atoms with van der Waals surface area (Å²) in [6, 6.07) is 5.50. The Morgan fingerprint density at radius 3 is 2.24 bits per heavy atom. The summed E-state index contributed by atoms with van der Waals surface area (Å²) in [5, 5.41) is 0. The molecule has 0 bridgehead atoms. The highest BCUT2D eigenvalue weighted by atomic mass is 19.1. The molecule has 0 saturated heterocycles. The molecular formula is C18H31FN2. The topological polar surface area (TPSA) is 29.3 Å². The first-order chi connectivity index (χ1) is 10.1. The minimum atomic E-state index is -0.108. The van der Waals surface area contributed by atoms with Crippen LogP contribution in [0, 0.1) is 5.82 Å². The summed E-state index contributed by atoms with van der Waals surface area (Å²) in [6.45, 7) is 8.27. The zero-order valence-corrected chi connectivity index (χ0v) is 13.9. The van der Waals surface area contributed by atoms with Gasteiger partial charge in [0.15, 0.2) is 0 Å². The van der Waals surface area contributed by atoms with Crippen LogP contribution in [0.4, 0.5) is 10.1 Å². The maximum atomic E-state index is 14.4. The monoisotopic (exact) mass is 294 g/mol. The highest BCUT2D eigenvalue weighted by molar-refractivity contribution is 5.55. The van der Waals surface area contributed by atoms with Crippen LogP contribution in [0.2, 0.25) is 0 Å². The molecule has 0 saturated carbocycles. The fraction of sp³-hybridized carbons (Fsp3) is 0.667. The zero-order valence-electron chi connectivity index (χ0n) is 13.9. The minimum absolute atomic E-state index is 0.102. The number of hydrogen-bond donors (Lipinski definition) is 1. The zero-order chi connectivity index (χ0) is 15.7. The van der Waals surface area contributed by atoms with Crippen molar-refractivity contribution in [3.63, 3.8) is 0 Å². The van der Waals surface area contributed by atoms with Crippen molar-refractivity contribution in [2.45, 2.75) is 65.3 Å². The van der Waals surface area contributed by atoms with Crippen molar-refractivity contribution in [1.29, 1.82) is 0 Å². The van der Waals surface area contributed by atoms with Crippen LogP contribution in [0.5, 0.6) is 0 Å². The van der Waals surface area contributed by atoms with Crippen LogP contribution in [-0.2, 0) is 6.42 Å². The van der Waals surface area contributed by atoms with Gasteiger partial charge in [0.1, 0.15) is 5.82 Å². The van der Waals surface area contributed by atoms with E-state index in [1.54, 1.807) is 12.1 Å². The van der Waals surface area contributed by atoms with E-state index in [2.05, 4.69) is 25.7 Å². The van der Waals surface area contributed by atoms with Gasteiger partial charge >= 0.3 is 0 Å². The van der Waals surface area contributed by atoms with Crippen LogP contribution in [-0.4, -0.2) is 19.1 Å². The summed E-state index contributed by atoms with van der Waals surface area (Å²) in [7, 11) is 0. The Hall–Kier alpha value is -1.09. The third-order valence-electron chi connectivity index (χ3n) is 3.96. The van der Waals surface area contributed by atoms with Crippen molar-refractivity contribution in [3.05, 3.63) is 29.6 Å². The summed E-state index contributed by atoms with van der Waals surface area (Å²) in [5.74, 6) is -0.108. The van der Waals surface area contributed by atoms with Gasteiger partial charge in [-0.05, 0) is 37.3 Å². The second kappa shape index (κ2) is 9.78. The van der Waals surface area contributed by atoms with Gasteiger partial charge < -0.3 is 10.6 Å². The first-order valence-corrected chi connectivity index (χ1v) is 8.41. The molecule has 1 aromatic rings. The van der Waals surface area contributed by atoms with E-state index in [-0.39, 0.29) is 11.9 Å². The first kappa shape index (κ1) is 18.0. The Bertz CT molecular complexity index is 398. The lowest BCUT2D eigenvalue weighted by Gasteiger charge is -2.28. The standard InChI is InChI=1S/C18H31FN2/c1-4-7-12-21(13-8-5-2)18-15(14-16(20)6-3)10-9-11-17(18)19/h9-11,16H,4-8,12-14,20H2,1-3H3. The average molecular weight is 294 g/mol. The summed E-state index contributed by atoms with van der Waals surface area (Å²) < 4.78 is 14.4. The van der Waals surface area contributed by atoms with Crippen LogP contribution in [0.3, 0.4) is 0 Å². The Labute approximate surface area is 129 Å². The van der Waals surface area contributed by atoms with Gasteiger partial charge in [-0.3, -0.25) is 0 Å². The number of halogens is 1. The summed E-state index contributed by atoms with van der Waals surface area (Å²) in [4.78, 5) is 2.22. The minimum Gasteiger partial charge on any atom is -0.369 e. The lowest BCUT2D eigenvalue weighted by Crippen LogP contribution is -2.29. The molecule has 1 rings (SSSR count). The van der Waals surface area contributed by atoms with E-state index in [0.717, 1.165) is 62.9 Å². The molecule has 0 radical (unpaired) electrons. The van der Waals surface area contributed by atoms with Crippen LogP contribution in [0.25, 0.3) is 0 Å². The van der Waals surface area contributed by atoms with E-state index < -0.39 is 0 Å². The molecule has 0 spiro atoms. The molecule has 1 atom stereocenters. The summed E-state index contributed by atoms with van der Waals surface area (Å²) in [5.41, 5.74) is 7.92. The van der Waals surface area contributed by atoms with Gasteiger partial charge in [0, 0.05) is 19.1 Å². The van der Waals surface area contributed by atoms with Crippen molar-refractivity contribution < 1.29 is 4.39 Å². The Balaban J connectivity index is 3.02. The van der Waals surface area contributed by atoms with E-state index in [4.69, 9.17) is 5.73 Å². The van der Waals surface area contributed by atoms with Gasteiger partial charge in [-0.25, -0.2) is 4.39 Å². The third kappa shape index (κ3) is 5.66. The largest absolute Gasteiger partial charge is 0.369 e. The van der Waals surface area contributed by atoms with Gasteiger partial charge in [0.05, 0.1) is 5.69 Å². The molecule has 2 N–H and O–H groups in total. The van der Waals surface area contributed by atoms with E-state index >= 15 is 0 Å². The average Bonchev–Trinajstić information content (AvgIpc) is 2.48. The maximum absolute atomic E-state index is 14.4. The second-order valence-corrected chi connectivity index (χ2v) is 5.81. The van der Waals surface area contributed by atoms with Crippen molar-refractivity contribution in [2.24, 2.45) is 5.73 Å².